The number of carbonyl (C=O) groups is 2. The number of nitrogens with one attached hydrogen (secondary N) is 1. The van der Waals surface area contributed by atoms with Crippen LogP contribution in [0.25, 0.3) is 0 Å². The van der Waals surface area contributed by atoms with Crippen molar-refractivity contribution in [1.29, 1.82) is 0 Å². The zero-order valence-corrected chi connectivity index (χ0v) is 16.4. The van der Waals surface area contributed by atoms with E-state index in [0.29, 0.717) is 12.8 Å². The van der Waals surface area contributed by atoms with Crippen LogP contribution in [0.1, 0.15) is 64.4 Å². The molecule has 0 radical (unpaired) electrons. The van der Waals surface area contributed by atoms with Crippen molar-refractivity contribution in [2.45, 2.75) is 71.3 Å². The van der Waals surface area contributed by atoms with Crippen molar-refractivity contribution in [3.8, 4) is 0 Å². The predicted molar refractivity (Wildman–Crippen MR) is 106 cm³/mol. The van der Waals surface area contributed by atoms with Gasteiger partial charge in [0.1, 0.15) is 6.04 Å². The van der Waals surface area contributed by atoms with E-state index in [9.17, 15) is 9.59 Å². The van der Waals surface area contributed by atoms with Gasteiger partial charge in [-0.3, -0.25) is 9.59 Å². The van der Waals surface area contributed by atoms with Crippen LogP contribution in [0.4, 0.5) is 0 Å². The number of nitrogens with zero attached hydrogens (tertiary/aromatic N) is 1. The van der Waals surface area contributed by atoms with Gasteiger partial charge < -0.3 is 10.2 Å². The lowest BCUT2D eigenvalue weighted by Crippen LogP contribution is -2.49. The summed E-state index contributed by atoms with van der Waals surface area (Å²) in [6, 6.07) is 9.30. The summed E-state index contributed by atoms with van der Waals surface area (Å²) >= 11 is 0. The van der Waals surface area contributed by atoms with Gasteiger partial charge in [-0.25, -0.2) is 0 Å². The molecule has 1 aromatic rings. The Hall–Kier alpha value is -1.84. The molecular formula is C22H34N2O2. The third kappa shape index (κ3) is 6.47. The number of benzene rings is 1. The Balaban J connectivity index is 1.92. The van der Waals surface area contributed by atoms with E-state index in [0.717, 1.165) is 43.8 Å². The van der Waals surface area contributed by atoms with Crippen molar-refractivity contribution in [3.05, 3.63) is 35.9 Å². The van der Waals surface area contributed by atoms with Gasteiger partial charge in [0.25, 0.3) is 0 Å². The molecule has 0 spiro atoms. The molecule has 1 aliphatic rings. The first-order chi connectivity index (χ1) is 12.6. The topological polar surface area (TPSA) is 49.4 Å². The summed E-state index contributed by atoms with van der Waals surface area (Å²) in [5, 5.41) is 2.99. The summed E-state index contributed by atoms with van der Waals surface area (Å²) in [5.74, 6) is 0.780. The number of hydrogen-bond acceptors (Lipinski definition) is 2. The Morgan fingerprint density at radius 2 is 1.88 bits per heavy atom. The summed E-state index contributed by atoms with van der Waals surface area (Å²) in [6.07, 6.45) is 7.77. The van der Waals surface area contributed by atoms with Crippen molar-refractivity contribution in [2.24, 2.45) is 5.92 Å². The van der Waals surface area contributed by atoms with E-state index in [1.165, 1.54) is 19.3 Å². The normalized spacial score (nSPS) is 18.8. The fraction of sp³-hybridized carbons (Fsp3) is 0.636. The summed E-state index contributed by atoms with van der Waals surface area (Å²) in [7, 11) is 0. The van der Waals surface area contributed by atoms with Gasteiger partial charge in [0, 0.05) is 13.1 Å². The first-order valence-electron chi connectivity index (χ1n) is 10.3. The first-order valence-corrected chi connectivity index (χ1v) is 10.3. The molecule has 2 amide bonds. The fourth-order valence-corrected chi connectivity index (χ4v) is 3.88. The molecule has 0 bridgehead atoms. The van der Waals surface area contributed by atoms with Crippen LogP contribution in [0.3, 0.4) is 0 Å². The monoisotopic (exact) mass is 358 g/mol. The van der Waals surface area contributed by atoms with E-state index in [2.05, 4.69) is 19.2 Å². The Bertz CT molecular complexity index is 559. The highest BCUT2D eigenvalue weighted by atomic mass is 16.2. The van der Waals surface area contributed by atoms with Gasteiger partial charge in [-0.05, 0) is 37.2 Å². The quantitative estimate of drug-likeness (QED) is 0.765. The van der Waals surface area contributed by atoms with E-state index < -0.39 is 0 Å². The van der Waals surface area contributed by atoms with Crippen LogP contribution in [0.15, 0.2) is 30.3 Å². The molecule has 2 atom stereocenters. The number of hydrogen-bond donors (Lipinski definition) is 1. The maximum absolute atomic E-state index is 13.0. The van der Waals surface area contributed by atoms with Crippen molar-refractivity contribution >= 4 is 11.8 Å². The minimum atomic E-state index is -0.390. The zero-order valence-electron chi connectivity index (χ0n) is 16.4. The van der Waals surface area contributed by atoms with E-state index in [-0.39, 0.29) is 17.9 Å². The van der Waals surface area contributed by atoms with E-state index in [1.807, 2.05) is 35.2 Å². The molecule has 2 unspecified atom stereocenters. The molecule has 1 saturated heterocycles. The van der Waals surface area contributed by atoms with Gasteiger partial charge in [0.15, 0.2) is 0 Å². The maximum atomic E-state index is 13.0. The number of amides is 2. The van der Waals surface area contributed by atoms with Gasteiger partial charge in [-0.1, -0.05) is 63.4 Å². The van der Waals surface area contributed by atoms with Crippen molar-refractivity contribution in [3.63, 3.8) is 0 Å². The van der Waals surface area contributed by atoms with Gasteiger partial charge in [-0.15, -0.1) is 0 Å². The maximum Gasteiger partial charge on any atom is 0.245 e. The van der Waals surface area contributed by atoms with Crippen LogP contribution in [-0.4, -0.2) is 35.8 Å². The minimum Gasteiger partial charge on any atom is -0.344 e. The lowest BCUT2D eigenvalue weighted by atomic mass is 9.96. The SMILES string of the molecule is CCCC1CCCN(C(=O)C(CCC)NC(=O)Cc2ccccc2)CC1. The van der Waals surface area contributed by atoms with Crippen LogP contribution in [-0.2, 0) is 16.0 Å². The molecule has 1 N–H and O–H groups in total. The minimum absolute atomic E-state index is 0.0679. The average molecular weight is 359 g/mol. The molecule has 1 fully saturated rings. The van der Waals surface area contributed by atoms with E-state index in [4.69, 9.17) is 0 Å². The van der Waals surface area contributed by atoms with Crippen LogP contribution in [0.5, 0.6) is 0 Å². The van der Waals surface area contributed by atoms with E-state index in [1.54, 1.807) is 0 Å². The molecule has 2 rings (SSSR count). The van der Waals surface area contributed by atoms with Crippen LogP contribution in [0, 0.1) is 5.92 Å². The van der Waals surface area contributed by atoms with Crippen LogP contribution < -0.4 is 5.32 Å². The summed E-state index contributed by atoms with van der Waals surface area (Å²) < 4.78 is 0. The summed E-state index contributed by atoms with van der Waals surface area (Å²) in [6.45, 7) is 5.95. The molecule has 1 aliphatic heterocycles. The third-order valence-corrected chi connectivity index (χ3v) is 5.27. The van der Waals surface area contributed by atoms with Crippen molar-refractivity contribution in [1.82, 2.24) is 10.2 Å². The molecule has 1 aromatic carbocycles. The van der Waals surface area contributed by atoms with Crippen molar-refractivity contribution < 1.29 is 9.59 Å². The molecular weight excluding hydrogens is 324 g/mol. The van der Waals surface area contributed by atoms with Gasteiger partial charge >= 0.3 is 0 Å². The Kier molecular flexibility index (Phi) is 8.66. The molecule has 1 heterocycles. The fourth-order valence-electron chi connectivity index (χ4n) is 3.88. The second-order valence-corrected chi connectivity index (χ2v) is 7.48. The largest absolute Gasteiger partial charge is 0.344 e. The smallest absolute Gasteiger partial charge is 0.245 e. The zero-order chi connectivity index (χ0) is 18.8. The van der Waals surface area contributed by atoms with Crippen LogP contribution in [0.2, 0.25) is 0 Å². The van der Waals surface area contributed by atoms with Gasteiger partial charge in [-0.2, -0.15) is 0 Å². The second kappa shape index (κ2) is 11.0. The Labute approximate surface area is 158 Å². The second-order valence-electron chi connectivity index (χ2n) is 7.48. The molecule has 4 heteroatoms. The molecule has 0 saturated carbocycles. The third-order valence-electron chi connectivity index (χ3n) is 5.27. The standard InChI is InChI=1S/C22H34N2O2/c1-3-9-18-13-8-15-24(16-14-18)22(26)20(10-4-2)23-21(25)17-19-11-6-5-7-12-19/h5-7,11-12,18,20H,3-4,8-10,13-17H2,1-2H3,(H,23,25). The van der Waals surface area contributed by atoms with Gasteiger partial charge in [0.2, 0.25) is 11.8 Å². The number of carbonyl (C=O) groups excluding carboxylic acids is 2. The Morgan fingerprint density at radius 1 is 1.12 bits per heavy atom. The average Bonchev–Trinajstić information content (AvgIpc) is 2.87. The number of likely N-dealkylation sites (tertiary alicyclic amines) is 1. The number of rotatable bonds is 8. The lowest BCUT2D eigenvalue weighted by molar-refractivity contribution is -0.136. The lowest BCUT2D eigenvalue weighted by Gasteiger charge is -2.27. The highest BCUT2D eigenvalue weighted by Crippen LogP contribution is 2.22. The first kappa shape index (κ1) is 20.5. The summed E-state index contributed by atoms with van der Waals surface area (Å²) in [4.78, 5) is 27.4. The highest BCUT2D eigenvalue weighted by molar-refractivity contribution is 5.88. The molecule has 144 valence electrons. The molecule has 0 aliphatic carbocycles. The van der Waals surface area contributed by atoms with Crippen molar-refractivity contribution in [2.75, 3.05) is 13.1 Å². The molecule has 4 nitrogen and oxygen atoms in total. The predicted octanol–water partition coefficient (Wildman–Crippen LogP) is 3.94. The highest BCUT2D eigenvalue weighted by Gasteiger charge is 2.27. The molecule has 26 heavy (non-hydrogen) atoms. The van der Waals surface area contributed by atoms with Crippen LogP contribution >= 0.6 is 0 Å². The summed E-state index contributed by atoms with van der Waals surface area (Å²) in [5.41, 5.74) is 0.977. The Morgan fingerprint density at radius 3 is 2.58 bits per heavy atom. The van der Waals surface area contributed by atoms with Gasteiger partial charge in [0.05, 0.1) is 6.42 Å². The van der Waals surface area contributed by atoms with E-state index >= 15 is 0 Å². The molecule has 0 aromatic heterocycles.